The summed E-state index contributed by atoms with van der Waals surface area (Å²) in [5.74, 6) is 0. The van der Waals surface area contributed by atoms with Gasteiger partial charge in [-0.3, -0.25) is 4.90 Å². The second kappa shape index (κ2) is 6.15. The molecule has 0 spiro atoms. The van der Waals surface area contributed by atoms with Gasteiger partial charge in [0.05, 0.1) is 12.2 Å². The third-order valence-electron chi connectivity index (χ3n) is 3.38. The lowest BCUT2D eigenvalue weighted by atomic mass is 10.0. The van der Waals surface area contributed by atoms with Crippen molar-refractivity contribution in [2.24, 2.45) is 5.73 Å². The molecule has 0 aliphatic carbocycles. The molecule has 3 unspecified atom stereocenters. The highest BCUT2D eigenvalue weighted by Gasteiger charge is 2.28. The highest BCUT2D eigenvalue weighted by molar-refractivity contribution is 9.10. The van der Waals surface area contributed by atoms with Gasteiger partial charge in [0.1, 0.15) is 0 Å². The van der Waals surface area contributed by atoms with Crippen molar-refractivity contribution in [3.8, 4) is 0 Å². The second-order valence-electron chi connectivity index (χ2n) is 4.98. The zero-order valence-electron chi connectivity index (χ0n) is 11.0. The number of ether oxygens (including phenoxy) is 1. The molecule has 0 saturated carbocycles. The van der Waals surface area contributed by atoms with Crippen LogP contribution in [0.25, 0.3) is 0 Å². The van der Waals surface area contributed by atoms with E-state index >= 15 is 0 Å². The molecule has 1 aliphatic heterocycles. The summed E-state index contributed by atoms with van der Waals surface area (Å²) in [5, 5.41) is 0. The fourth-order valence-electron chi connectivity index (χ4n) is 2.69. The van der Waals surface area contributed by atoms with Gasteiger partial charge in [0.2, 0.25) is 0 Å². The Morgan fingerprint density at radius 3 is 2.50 bits per heavy atom. The van der Waals surface area contributed by atoms with Crippen molar-refractivity contribution in [2.45, 2.75) is 32.1 Å². The quantitative estimate of drug-likeness (QED) is 0.932. The number of nitrogens with two attached hydrogens (primary N) is 1. The summed E-state index contributed by atoms with van der Waals surface area (Å²) in [6.07, 6.45) is 0.538. The topological polar surface area (TPSA) is 38.5 Å². The molecule has 2 N–H and O–H groups in total. The Morgan fingerprint density at radius 2 is 1.94 bits per heavy atom. The Morgan fingerprint density at radius 1 is 1.33 bits per heavy atom. The van der Waals surface area contributed by atoms with Crippen LogP contribution >= 0.6 is 15.9 Å². The first kappa shape index (κ1) is 14.0. The number of morpholine rings is 1. The molecule has 0 radical (unpaired) electrons. The molecular formula is C14H21BrN2O. The summed E-state index contributed by atoms with van der Waals surface area (Å²) in [5.41, 5.74) is 7.26. The van der Waals surface area contributed by atoms with Crippen LogP contribution in [-0.4, -0.2) is 36.7 Å². The lowest BCUT2D eigenvalue weighted by Gasteiger charge is -2.40. The Balaban J connectivity index is 2.20. The van der Waals surface area contributed by atoms with Crippen molar-refractivity contribution in [3.05, 3.63) is 34.3 Å². The Labute approximate surface area is 117 Å². The van der Waals surface area contributed by atoms with Gasteiger partial charge in [-0.1, -0.05) is 34.1 Å². The van der Waals surface area contributed by atoms with E-state index in [0.717, 1.165) is 17.6 Å². The van der Waals surface area contributed by atoms with Gasteiger partial charge < -0.3 is 10.5 Å². The molecule has 3 nitrogen and oxygen atoms in total. The fraction of sp³-hybridized carbons (Fsp3) is 0.571. The minimum atomic E-state index is 0.259. The van der Waals surface area contributed by atoms with Crippen LogP contribution in [0.4, 0.5) is 0 Å². The summed E-state index contributed by atoms with van der Waals surface area (Å²) in [4.78, 5) is 2.43. The average Bonchev–Trinajstić information content (AvgIpc) is 2.31. The van der Waals surface area contributed by atoms with Crippen molar-refractivity contribution in [2.75, 3.05) is 19.6 Å². The van der Waals surface area contributed by atoms with Gasteiger partial charge in [-0.15, -0.1) is 0 Å². The van der Waals surface area contributed by atoms with E-state index in [1.165, 1.54) is 5.56 Å². The van der Waals surface area contributed by atoms with Gasteiger partial charge in [0, 0.05) is 30.1 Å². The van der Waals surface area contributed by atoms with Gasteiger partial charge >= 0.3 is 0 Å². The summed E-state index contributed by atoms with van der Waals surface area (Å²) in [6, 6.07) is 8.58. The Kier molecular flexibility index (Phi) is 4.78. The molecule has 0 aromatic heterocycles. The first-order valence-electron chi connectivity index (χ1n) is 6.45. The van der Waals surface area contributed by atoms with Crippen molar-refractivity contribution in [1.82, 2.24) is 4.90 Å². The average molecular weight is 313 g/mol. The van der Waals surface area contributed by atoms with Crippen LogP contribution in [0.3, 0.4) is 0 Å². The van der Waals surface area contributed by atoms with Crippen molar-refractivity contribution < 1.29 is 4.74 Å². The molecule has 1 aliphatic rings. The van der Waals surface area contributed by atoms with Crippen LogP contribution in [0.1, 0.15) is 25.5 Å². The zero-order chi connectivity index (χ0) is 13.1. The maximum absolute atomic E-state index is 5.99. The van der Waals surface area contributed by atoms with Crippen LogP contribution in [0.5, 0.6) is 0 Å². The molecule has 1 aromatic carbocycles. The highest BCUT2D eigenvalue weighted by atomic mass is 79.9. The molecule has 0 amide bonds. The zero-order valence-corrected chi connectivity index (χ0v) is 12.6. The van der Waals surface area contributed by atoms with E-state index < -0.39 is 0 Å². The van der Waals surface area contributed by atoms with Gasteiger partial charge in [0.25, 0.3) is 0 Å². The summed E-state index contributed by atoms with van der Waals surface area (Å²) >= 11 is 3.62. The molecule has 3 atom stereocenters. The molecule has 0 bridgehead atoms. The third-order valence-corrected chi connectivity index (χ3v) is 4.10. The van der Waals surface area contributed by atoms with Gasteiger partial charge in [-0.05, 0) is 25.5 Å². The molecule has 100 valence electrons. The number of hydrogen-bond donors (Lipinski definition) is 1. The molecule has 18 heavy (non-hydrogen) atoms. The second-order valence-corrected chi connectivity index (χ2v) is 5.84. The third kappa shape index (κ3) is 3.12. The minimum absolute atomic E-state index is 0.259. The fourth-order valence-corrected chi connectivity index (χ4v) is 3.24. The Hall–Kier alpha value is -0.420. The minimum Gasteiger partial charge on any atom is -0.373 e. The Bertz CT molecular complexity index is 389. The summed E-state index contributed by atoms with van der Waals surface area (Å²) in [6.45, 7) is 6.75. The lowest BCUT2D eigenvalue weighted by molar-refractivity contribution is -0.0800. The van der Waals surface area contributed by atoms with Crippen LogP contribution in [0.15, 0.2) is 28.7 Å². The van der Waals surface area contributed by atoms with E-state index in [0.29, 0.717) is 6.54 Å². The van der Waals surface area contributed by atoms with Gasteiger partial charge in [0.15, 0.2) is 0 Å². The van der Waals surface area contributed by atoms with Gasteiger partial charge in [-0.25, -0.2) is 0 Å². The molecule has 1 fully saturated rings. The SMILES string of the molecule is CC1CN(C(CN)c2ccccc2Br)CC(C)O1. The van der Waals surface area contributed by atoms with E-state index in [1.54, 1.807) is 0 Å². The van der Waals surface area contributed by atoms with Crippen molar-refractivity contribution in [3.63, 3.8) is 0 Å². The van der Waals surface area contributed by atoms with E-state index in [1.807, 2.05) is 6.07 Å². The molecule has 1 heterocycles. The number of benzene rings is 1. The molecule has 1 aromatic rings. The van der Waals surface area contributed by atoms with Crippen LogP contribution < -0.4 is 5.73 Å². The summed E-state index contributed by atoms with van der Waals surface area (Å²) in [7, 11) is 0. The van der Waals surface area contributed by atoms with E-state index in [9.17, 15) is 0 Å². The highest BCUT2D eigenvalue weighted by Crippen LogP contribution is 2.29. The normalized spacial score (nSPS) is 27.1. The number of halogens is 1. The predicted molar refractivity (Wildman–Crippen MR) is 77.5 cm³/mol. The predicted octanol–water partition coefficient (Wildman–Crippen LogP) is 2.56. The molecular weight excluding hydrogens is 292 g/mol. The number of rotatable bonds is 3. The summed E-state index contributed by atoms with van der Waals surface area (Å²) < 4.78 is 6.91. The molecule has 2 rings (SSSR count). The maximum Gasteiger partial charge on any atom is 0.0678 e. The number of hydrogen-bond acceptors (Lipinski definition) is 3. The van der Waals surface area contributed by atoms with Crippen LogP contribution in [0.2, 0.25) is 0 Å². The van der Waals surface area contributed by atoms with Crippen LogP contribution in [-0.2, 0) is 4.74 Å². The van der Waals surface area contributed by atoms with Gasteiger partial charge in [-0.2, -0.15) is 0 Å². The monoisotopic (exact) mass is 312 g/mol. The molecule has 1 saturated heterocycles. The van der Waals surface area contributed by atoms with E-state index in [4.69, 9.17) is 10.5 Å². The smallest absolute Gasteiger partial charge is 0.0678 e. The van der Waals surface area contributed by atoms with Crippen molar-refractivity contribution >= 4 is 15.9 Å². The lowest BCUT2D eigenvalue weighted by Crippen LogP contribution is -2.48. The van der Waals surface area contributed by atoms with Crippen LogP contribution in [0, 0.1) is 0 Å². The van der Waals surface area contributed by atoms with Crippen molar-refractivity contribution in [1.29, 1.82) is 0 Å². The standard InChI is InChI=1S/C14H21BrN2O/c1-10-8-17(9-11(2)18-10)14(7-16)12-5-3-4-6-13(12)15/h3-6,10-11,14H,7-9,16H2,1-2H3. The first-order valence-corrected chi connectivity index (χ1v) is 7.25. The maximum atomic E-state index is 5.99. The van der Waals surface area contributed by atoms with E-state index in [-0.39, 0.29) is 18.2 Å². The first-order chi connectivity index (χ1) is 8.61. The number of nitrogens with zero attached hydrogens (tertiary/aromatic N) is 1. The van der Waals surface area contributed by atoms with E-state index in [2.05, 4.69) is 52.9 Å². The largest absolute Gasteiger partial charge is 0.373 e. The molecule has 4 heteroatoms.